The zero-order chi connectivity index (χ0) is 15.1. The zero-order valence-corrected chi connectivity index (χ0v) is 13.2. The lowest BCUT2D eigenvalue weighted by Crippen LogP contribution is -2.47. The molecule has 2 unspecified atom stereocenters. The van der Waals surface area contributed by atoms with Crippen molar-refractivity contribution in [1.82, 2.24) is 10.2 Å². The maximum absolute atomic E-state index is 8.89. The highest BCUT2D eigenvalue weighted by Gasteiger charge is 2.24. The molecule has 118 valence electrons. The third kappa shape index (κ3) is 4.70. The van der Waals surface area contributed by atoms with Crippen LogP contribution in [0, 0.1) is 5.92 Å². The van der Waals surface area contributed by atoms with Gasteiger partial charge in [-0.2, -0.15) is 0 Å². The van der Waals surface area contributed by atoms with Crippen molar-refractivity contribution in [2.24, 2.45) is 5.92 Å². The summed E-state index contributed by atoms with van der Waals surface area (Å²) in [5.41, 5.74) is 1.16. The summed E-state index contributed by atoms with van der Waals surface area (Å²) in [6.07, 6.45) is 1.20. The number of nitrogens with zero attached hydrogens (tertiary/aromatic N) is 1. The summed E-state index contributed by atoms with van der Waals surface area (Å²) in [4.78, 5) is 2.52. The molecule has 1 aromatic rings. The van der Waals surface area contributed by atoms with E-state index in [0.717, 1.165) is 24.4 Å². The molecule has 1 fully saturated rings. The quantitative estimate of drug-likeness (QED) is 0.805. The molecule has 0 saturated carbocycles. The molecule has 0 spiro atoms. The van der Waals surface area contributed by atoms with Crippen LogP contribution in [0.1, 0.15) is 25.8 Å². The number of nitrogens with one attached hydrogen (secondary N) is 1. The van der Waals surface area contributed by atoms with Gasteiger partial charge in [-0.25, -0.2) is 0 Å². The standard InChI is InChI=1S/C17H28N2O2/c1-3-19-9-8-16(14(2)13-19)18-12-15-6-4-5-7-17(15)21-11-10-20/h4-7,14,16,18,20H,3,8-13H2,1-2H3. The minimum absolute atomic E-state index is 0.0499. The molecule has 0 aromatic heterocycles. The smallest absolute Gasteiger partial charge is 0.123 e. The first kappa shape index (κ1) is 16.3. The molecular weight excluding hydrogens is 264 g/mol. The highest BCUT2D eigenvalue weighted by Crippen LogP contribution is 2.20. The second kappa shape index (κ2) is 8.37. The second-order valence-electron chi connectivity index (χ2n) is 5.83. The third-order valence-corrected chi connectivity index (χ3v) is 4.31. The Bertz CT molecular complexity index is 425. The van der Waals surface area contributed by atoms with Crippen LogP contribution in [0.25, 0.3) is 0 Å². The Morgan fingerprint density at radius 2 is 2.19 bits per heavy atom. The Balaban J connectivity index is 1.88. The largest absolute Gasteiger partial charge is 0.491 e. The lowest BCUT2D eigenvalue weighted by atomic mass is 9.93. The summed E-state index contributed by atoms with van der Waals surface area (Å²) < 4.78 is 5.59. The number of benzene rings is 1. The normalized spacial score (nSPS) is 23.2. The van der Waals surface area contributed by atoms with E-state index < -0.39 is 0 Å². The van der Waals surface area contributed by atoms with Gasteiger partial charge >= 0.3 is 0 Å². The van der Waals surface area contributed by atoms with Crippen LogP contribution >= 0.6 is 0 Å². The fraction of sp³-hybridized carbons (Fsp3) is 0.647. The van der Waals surface area contributed by atoms with Gasteiger partial charge in [-0.05, 0) is 31.5 Å². The number of ether oxygens (including phenoxy) is 1. The maximum Gasteiger partial charge on any atom is 0.123 e. The van der Waals surface area contributed by atoms with Crippen molar-refractivity contribution in [3.8, 4) is 5.75 Å². The van der Waals surface area contributed by atoms with E-state index in [-0.39, 0.29) is 6.61 Å². The molecule has 4 heteroatoms. The fourth-order valence-corrected chi connectivity index (χ4v) is 3.01. The summed E-state index contributed by atoms with van der Waals surface area (Å²) in [6, 6.07) is 8.63. The molecule has 0 radical (unpaired) electrons. The van der Waals surface area contributed by atoms with Gasteiger partial charge in [0, 0.05) is 24.7 Å². The third-order valence-electron chi connectivity index (χ3n) is 4.31. The monoisotopic (exact) mass is 292 g/mol. The Morgan fingerprint density at radius 1 is 1.38 bits per heavy atom. The molecule has 0 amide bonds. The van der Waals surface area contributed by atoms with Gasteiger partial charge in [0.05, 0.1) is 6.61 Å². The molecular formula is C17H28N2O2. The van der Waals surface area contributed by atoms with E-state index in [9.17, 15) is 0 Å². The summed E-state index contributed by atoms with van der Waals surface area (Å²) in [5, 5.41) is 12.6. The van der Waals surface area contributed by atoms with E-state index in [2.05, 4.69) is 30.1 Å². The summed E-state index contributed by atoms with van der Waals surface area (Å²) in [7, 11) is 0. The molecule has 0 aliphatic carbocycles. The number of hydrogen-bond acceptors (Lipinski definition) is 4. The van der Waals surface area contributed by atoms with E-state index in [1.54, 1.807) is 0 Å². The highest BCUT2D eigenvalue weighted by atomic mass is 16.5. The van der Waals surface area contributed by atoms with Crippen molar-refractivity contribution in [3.63, 3.8) is 0 Å². The minimum Gasteiger partial charge on any atom is -0.491 e. The molecule has 1 aliphatic rings. The second-order valence-corrected chi connectivity index (χ2v) is 5.83. The van der Waals surface area contributed by atoms with Crippen LogP contribution in [0.15, 0.2) is 24.3 Å². The van der Waals surface area contributed by atoms with Gasteiger partial charge in [0.1, 0.15) is 12.4 Å². The van der Waals surface area contributed by atoms with E-state index in [1.807, 2.05) is 18.2 Å². The summed E-state index contributed by atoms with van der Waals surface area (Å²) >= 11 is 0. The van der Waals surface area contributed by atoms with Crippen LogP contribution < -0.4 is 10.1 Å². The molecule has 2 rings (SSSR count). The topological polar surface area (TPSA) is 44.7 Å². The molecule has 21 heavy (non-hydrogen) atoms. The van der Waals surface area contributed by atoms with Gasteiger partial charge in [0.2, 0.25) is 0 Å². The summed E-state index contributed by atoms with van der Waals surface area (Å²) in [5.74, 6) is 1.54. The Kier molecular flexibility index (Phi) is 6.49. The van der Waals surface area contributed by atoms with Crippen molar-refractivity contribution in [1.29, 1.82) is 0 Å². The first-order chi connectivity index (χ1) is 10.2. The number of aliphatic hydroxyl groups is 1. The van der Waals surface area contributed by atoms with Crippen molar-refractivity contribution >= 4 is 0 Å². The number of hydrogen-bond donors (Lipinski definition) is 2. The van der Waals surface area contributed by atoms with Crippen LogP contribution in [-0.2, 0) is 6.54 Å². The van der Waals surface area contributed by atoms with Crippen molar-refractivity contribution in [2.75, 3.05) is 32.8 Å². The number of likely N-dealkylation sites (tertiary alicyclic amines) is 1. The molecule has 4 nitrogen and oxygen atoms in total. The molecule has 0 bridgehead atoms. The van der Waals surface area contributed by atoms with Gasteiger partial charge in [-0.15, -0.1) is 0 Å². The van der Waals surface area contributed by atoms with Crippen LogP contribution in [-0.4, -0.2) is 48.9 Å². The maximum atomic E-state index is 8.89. The lowest BCUT2D eigenvalue weighted by molar-refractivity contribution is 0.152. The van der Waals surface area contributed by atoms with Gasteiger partial charge in [0.15, 0.2) is 0 Å². The van der Waals surface area contributed by atoms with Crippen LogP contribution in [0.2, 0.25) is 0 Å². The summed E-state index contributed by atoms with van der Waals surface area (Å²) in [6.45, 7) is 9.29. The Morgan fingerprint density at radius 3 is 2.90 bits per heavy atom. The van der Waals surface area contributed by atoms with Crippen molar-refractivity contribution in [2.45, 2.75) is 32.9 Å². The average molecular weight is 292 g/mol. The first-order valence-corrected chi connectivity index (χ1v) is 8.02. The number of aliphatic hydroxyl groups excluding tert-OH is 1. The highest BCUT2D eigenvalue weighted by molar-refractivity contribution is 5.33. The van der Waals surface area contributed by atoms with Crippen LogP contribution in [0.5, 0.6) is 5.75 Å². The first-order valence-electron chi connectivity index (χ1n) is 8.02. The van der Waals surface area contributed by atoms with E-state index in [4.69, 9.17) is 9.84 Å². The number of para-hydroxylation sites is 1. The van der Waals surface area contributed by atoms with E-state index in [0.29, 0.717) is 18.6 Å². The van der Waals surface area contributed by atoms with Gasteiger partial charge in [0.25, 0.3) is 0 Å². The predicted molar refractivity (Wildman–Crippen MR) is 85.5 cm³/mol. The van der Waals surface area contributed by atoms with Gasteiger partial charge in [-0.1, -0.05) is 32.0 Å². The predicted octanol–water partition coefficient (Wildman–Crippen LogP) is 1.88. The van der Waals surface area contributed by atoms with Crippen LogP contribution in [0.4, 0.5) is 0 Å². The molecule has 2 N–H and O–H groups in total. The molecule has 1 aliphatic heterocycles. The Labute approximate surface area is 128 Å². The molecule has 1 heterocycles. The average Bonchev–Trinajstić information content (AvgIpc) is 2.52. The van der Waals surface area contributed by atoms with Crippen molar-refractivity contribution < 1.29 is 9.84 Å². The fourth-order valence-electron chi connectivity index (χ4n) is 3.01. The van der Waals surface area contributed by atoms with E-state index in [1.165, 1.54) is 19.5 Å². The van der Waals surface area contributed by atoms with Crippen LogP contribution in [0.3, 0.4) is 0 Å². The Hall–Kier alpha value is -1.10. The van der Waals surface area contributed by atoms with E-state index >= 15 is 0 Å². The van der Waals surface area contributed by atoms with Gasteiger partial charge in [-0.3, -0.25) is 0 Å². The minimum atomic E-state index is 0.0499. The SMILES string of the molecule is CCN1CCC(NCc2ccccc2OCCO)C(C)C1. The van der Waals surface area contributed by atoms with Crippen molar-refractivity contribution in [3.05, 3.63) is 29.8 Å². The number of rotatable bonds is 7. The number of piperidine rings is 1. The van der Waals surface area contributed by atoms with Gasteiger partial charge < -0.3 is 20.1 Å². The molecule has 2 atom stereocenters. The molecule has 1 aromatic carbocycles. The lowest BCUT2D eigenvalue weighted by Gasteiger charge is -2.37. The molecule has 1 saturated heterocycles. The zero-order valence-electron chi connectivity index (χ0n) is 13.2.